The van der Waals surface area contributed by atoms with Crippen LogP contribution in [0.2, 0.25) is 0 Å². The van der Waals surface area contributed by atoms with Crippen LogP contribution in [-0.4, -0.2) is 49.7 Å². The molecule has 0 saturated heterocycles. The number of hydrogen-bond donors (Lipinski definition) is 0. The van der Waals surface area contributed by atoms with Crippen molar-refractivity contribution in [3.8, 4) is 0 Å². The highest BCUT2D eigenvalue weighted by Gasteiger charge is 2.08. The van der Waals surface area contributed by atoms with Gasteiger partial charge in [-0.1, -0.05) is 20.8 Å². The molecule has 5 heteroatoms. The van der Waals surface area contributed by atoms with E-state index in [1.807, 2.05) is 13.8 Å². The Bertz CT molecular complexity index is 245. The first-order chi connectivity index (χ1) is 9.63. The van der Waals surface area contributed by atoms with Gasteiger partial charge in [0, 0.05) is 25.9 Å². The van der Waals surface area contributed by atoms with E-state index < -0.39 is 0 Å². The zero-order valence-electron chi connectivity index (χ0n) is 13.2. The van der Waals surface area contributed by atoms with E-state index in [1.54, 1.807) is 0 Å². The molecule has 0 unspecified atom stereocenters. The molecular weight excluding hydrogens is 258 g/mol. The van der Waals surface area contributed by atoms with Gasteiger partial charge >= 0.3 is 11.9 Å². The van der Waals surface area contributed by atoms with Crippen molar-refractivity contribution in [1.82, 2.24) is 4.90 Å². The number of carbonyl (C=O) groups excluding carboxylic acids is 2. The zero-order valence-corrected chi connectivity index (χ0v) is 13.2. The molecule has 0 aromatic rings. The van der Waals surface area contributed by atoms with Crippen LogP contribution in [0.1, 0.15) is 52.9 Å². The fourth-order valence-electron chi connectivity index (χ4n) is 1.78. The maximum Gasteiger partial charge on any atom is 0.305 e. The van der Waals surface area contributed by atoms with E-state index in [-0.39, 0.29) is 11.9 Å². The van der Waals surface area contributed by atoms with E-state index in [9.17, 15) is 9.59 Å². The third kappa shape index (κ3) is 10.8. The predicted molar refractivity (Wildman–Crippen MR) is 78.5 cm³/mol. The predicted octanol–water partition coefficient (Wildman–Crippen LogP) is 2.38. The Labute approximate surface area is 122 Å². The van der Waals surface area contributed by atoms with Gasteiger partial charge in [-0.05, 0) is 25.8 Å². The van der Waals surface area contributed by atoms with E-state index in [0.717, 1.165) is 25.8 Å². The minimum atomic E-state index is -0.140. The number of ether oxygens (including phenoxy) is 2. The van der Waals surface area contributed by atoms with E-state index >= 15 is 0 Å². The number of esters is 2. The lowest BCUT2D eigenvalue weighted by molar-refractivity contribution is -0.144. The Kier molecular flexibility index (Phi) is 12.2. The molecule has 5 nitrogen and oxygen atoms in total. The molecule has 0 aromatic carbocycles. The fourth-order valence-corrected chi connectivity index (χ4v) is 1.78. The monoisotopic (exact) mass is 287 g/mol. The molecule has 0 atom stereocenters. The van der Waals surface area contributed by atoms with Gasteiger partial charge in [-0.25, -0.2) is 0 Å². The Morgan fingerprint density at radius 1 is 0.750 bits per heavy atom. The summed E-state index contributed by atoms with van der Waals surface area (Å²) in [5, 5.41) is 0. The summed E-state index contributed by atoms with van der Waals surface area (Å²) in [6.45, 7) is 9.10. The molecule has 0 aliphatic carbocycles. The Hall–Kier alpha value is -1.10. The van der Waals surface area contributed by atoms with Crippen molar-refractivity contribution in [3.05, 3.63) is 0 Å². The lowest BCUT2D eigenvalue weighted by atomic mass is 10.3. The van der Waals surface area contributed by atoms with E-state index in [4.69, 9.17) is 9.47 Å². The van der Waals surface area contributed by atoms with E-state index in [0.29, 0.717) is 39.1 Å². The molecule has 0 bridgehead atoms. The van der Waals surface area contributed by atoms with E-state index in [2.05, 4.69) is 11.8 Å². The molecule has 0 N–H and O–H groups in total. The number of rotatable bonds is 12. The SMILES string of the molecule is CCCC(=O)OCCN(CCC)CCOC(=O)CCC. The van der Waals surface area contributed by atoms with Gasteiger partial charge in [0.05, 0.1) is 0 Å². The largest absolute Gasteiger partial charge is 0.464 e. The minimum Gasteiger partial charge on any atom is -0.464 e. The Morgan fingerprint density at radius 3 is 1.55 bits per heavy atom. The summed E-state index contributed by atoms with van der Waals surface area (Å²) < 4.78 is 10.3. The molecule has 118 valence electrons. The molecule has 0 amide bonds. The highest BCUT2D eigenvalue weighted by Crippen LogP contribution is 1.97. The first-order valence-corrected chi connectivity index (χ1v) is 7.67. The van der Waals surface area contributed by atoms with Gasteiger partial charge in [-0.2, -0.15) is 0 Å². The van der Waals surface area contributed by atoms with Crippen LogP contribution in [0.15, 0.2) is 0 Å². The third-order valence-electron chi connectivity index (χ3n) is 2.79. The van der Waals surface area contributed by atoms with Crippen molar-refractivity contribution in [3.63, 3.8) is 0 Å². The van der Waals surface area contributed by atoms with Gasteiger partial charge in [0.1, 0.15) is 13.2 Å². The summed E-state index contributed by atoms with van der Waals surface area (Å²) in [5.74, 6) is -0.281. The number of hydrogen-bond acceptors (Lipinski definition) is 5. The smallest absolute Gasteiger partial charge is 0.305 e. The van der Waals surface area contributed by atoms with Crippen molar-refractivity contribution in [1.29, 1.82) is 0 Å². The standard InChI is InChI=1S/C15H29NO4/c1-4-7-14(17)19-12-10-16(9-6-3)11-13-20-15(18)8-5-2/h4-13H2,1-3H3. The van der Waals surface area contributed by atoms with Crippen molar-refractivity contribution < 1.29 is 19.1 Å². The molecule has 0 aromatic heterocycles. The maximum atomic E-state index is 11.2. The van der Waals surface area contributed by atoms with Crippen molar-refractivity contribution in [2.24, 2.45) is 0 Å². The lowest BCUT2D eigenvalue weighted by Gasteiger charge is -2.21. The second kappa shape index (κ2) is 12.9. The first kappa shape index (κ1) is 18.9. The maximum absolute atomic E-state index is 11.2. The van der Waals surface area contributed by atoms with Gasteiger partial charge in [0.2, 0.25) is 0 Å². The minimum absolute atomic E-state index is 0.140. The van der Waals surface area contributed by atoms with E-state index in [1.165, 1.54) is 0 Å². The highest BCUT2D eigenvalue weighted by atomic mass is 16.5. The molecule has 0 fully saturated rings. The van der Waals surface area contributed by atoms with Gasteiger partial charge in [-0.15, -0.1) is 0 Å². The number of nitrogens with zero attached hydrogens (tertiary/aromatic N) is 1. The van der Waals surface area contributed by atoms with Crippen molar-refractivity contribution in [2.45, 2.75) is 52.9 Å². The Balaban J connectivity index is 3.80. The summed E-state index contributed by atoms with van der Waals surface area (Å²) in [4.78, 5) is 24.6. The van der Waals surface area contributed by atoms with Gasteiger partial charge in [-0.3, -0.25) is 14.5 Å². The van der Waals surface area contributed by atoms with Crippen LogP contribution in [0.25, 0.3) is 0 Å². The van der Waals surface area contributed by atoms with Crippen LogP contribution in [0.5, 0.6) is 0 Å². The Morgan fingerprint density at radius 2 is 1.20 bits per heavy atom. The molecular formula is C15H29NO4. The second-order valence-corrected chi connectivity index (χ2v) is 4.78. The molecule has 0 saturated carbocycles. The summed E-state index contributed by atoms with van der Waals surface area (Å²) in [6, 6.07) is 0. The van der Waals surface area contributed by atoms with Gasteiger partial charge < -0.3 is 9.47 Å². The van der Waals surface area contributed by atoms with Crippen molar-refractivity contribution >= 4 is 11.9 Å². The van der Waals surface area contributed by atoms with Crippen LogP contribution >= 0.6 is 0 Å². The summed E-state index contributed by atoms with van der Waals surface area (Å²) >= 11 is 0. The summed E-state index contributed by atoms with van der Waals surface area (Å²) in [6.07, 6.45) is 3.59. The molecule has 0 rings (SSSR count). The molecule has 0 heterocycles. The van der Waals surface area contributed by atoms with Crippen LogP contribution in [0.3, 0.4) is 0 Å². The molecule has 20 heavy (non-hydrogen) atoms. The topological polar surface area (TPSA) is 55.8 Å². The zero-order chi connectivity index (χ0) is 15.2. The molecule has 0 aliphatic rings. The van der Waals surface area contributed by atoms with Gasteiger partial charge in [0.25, 0.3) is 0 Å². The van der Waals surface area contributed by atoms with Crippen LogP contribution < -0.4 is 0 Å². The van der Waals surface area contributed by atoms with Crippen LogP contribution in [0, 0.1) is 0 Å². The second-order valence-electron chi connectivity index (χ2n) is 4.78. The molecule has 0 radical (unpaired) electrons. The van der Waals surface area contributed by atoms with Crippen molar-refractivity contribution in [2.75, 3.05) is 32.8 Å². The quantitative estimate of drug-likeness (QED) is 0.516. The highest BCUT2D eigenvalue weighted by molar-refractivity contribution is 5.69. The molecule has 0 aliphatic heterocycles. The normalized spacial score (nSPS) is 10.6. The summed E-state index contributed by atoms with van der Waals surface area (Å²) in [5.41, 5.74) is 0. The first-order valence-electron chi connectivity index (χ1n) is 7.67. The third-order valence-corrected chi connectivity index (χ3v) is 2.79. The fraction of sp³-hybridized carbons (Fsp3) is 0.867. The average Bonchev–Trinajstić information content (AvgIpc) is 2.39. The molecule has 0 spiro atoms. The number of carbonyl (C=O) groups is 2. The average molecular weight is 287 g/mol. The van der Waals surface area contributed by atoms with Crippen LogP contribution in [-0.2, 0) is 19.1 Å². The van der Waals surface area contributed by atoms with Gasteiger partial charge in [0.15, 0.2) is 0 Å². The van der Waals surface area contributed by atoms with Crippen LogP contribution in [0.4, 0.5) is 0 Å². The lowest BCUT2D eigenvalue weighted by Crippen LogP contribution is -2.32. The summed E-state index contributed by atoms with van der Waals surface area (Å²) in [7, 11) is 0.